The molecule has 0 saturated carbocycles. The summed E-state index contributed by atoms with van der Waals surface area (Å²) < 4.78 is 193. The summed E-state index contributed by atoms with van der Waals surface area (Å²) in [7, 11) is -3.79. The van der Waals surface area contributed by atoms with Crippen LogP contribution >= 0.6 is 7.82 Å². The van der Waals surface area contributed by atoms with Crippen molar-refractivity contribution in [3.05, 3.63) is 160 Å². The van der Waals surface area contributed by atoms with E-state index in [1.165, 1.54) is 33.9 Å². The molecular formula is C50H50F10NO10P. The van der Waals surface area contributed by atoms with Gasteiger partial charge >= 0.3 is 38.5 Å². The SMILES string of the molecule is COc1cc(F)c(C(C)C)cc1-c1ccc(C(F)(F)F)cc1CNC(COP(=O)(OCc1ccccc1)OCc1ccccc1)[C@H](C(=O)OC(C)(C)C)[C@@H](OC(=O)O)c1cc(C(F)(F)F)cc(C(F)(F)F)c1. The van der Waals surface area contributed by atoms with Gasteiger partial charge in [0.05, 0.1) is 43.6 Å². The number of halogens is 10. The second-order valence-corrected chi connectivity index (χ2v) is 19.2. The number of carboxylic acid groups (broad SMARTS) is 1. The Kier molecular flexibility index (Phi) is 18.4. The van der Waals surface area contributed by atoms with E-state index in [1.807, 2.05) is 0 Å². The van der Waals surface area contributed by atoms with E-state index in [9.17, 15) is 58.8 Å². The zero-order chi connectivity index (χ0) is 53.4. The molecule has 5 aromatic carbocycles. The summed E-state index contributed by atoms with van der Waals surface area (Å²) >= 11 is 0. The molecule has 0 fully saturated rings. The lowest BCUT2D eigenvalue weighted by Crippen LogP contribution is -2.48. The minimum Gasteiger partial charge on any atom is -0.496 e. The maximum atomic E-state index is 15.3. The van der Waals surface area contributed by atoms with Crippen LogP contribution in [0.4, 0.5) is 48.7 Å². The second-order valence-electron chi connectivity index (χ2n) is 17.5. The third-order valence-electron chi connectivity index (χ3n) is 10.7. The van der Waals surface area contributed by atoms with Gasteiger partial charge in [0.2, 0.25) is 0 Å². The number of rotatable bonds is 20. The van der Waals surface area contributed by atoms with E-state index in [-0.39, 0.29) is 46.2 Å². The van der Waals surface area contributed by atoms with E-state index in [0.29, 0.717) is 23.3 Å². The molecule has 0 aliphatic rings. The second kappa shape index (κ2) is 23.3. The highest BCUT2D eigenvalue weighted by Gasteiger charge is 2.46. The first-order valence-corrected chi connectivity index (χ1v) is 23.3. The highest BCUT2D eigenvalue weighted by molar-refractivity contribution is 7.48. The number of benzene rings is 5. The first-order valence-electron chi connectivity index (χ1n) is 21.8. The van der Waals surface area contributed by atoms with Crippen molar-refractivity contribution in [3.63, 3.8) is 0 Å². The number of phosphoric ester groups is 1. The van der Waals surface area contributed by atoms with Gasteiger partial charge in [-0.25, -0.2) is 13.8 Å². The molecule has 0 heterocycles. The molecule has 0 saturated heterocycles. The van der Waals surface area contributed by atoms with Crippen molar-refractivity contribution in [1.82, 2.24) is 5.32 Å². The summed E-state index contributed by atoms with van der Waals surface area (Å²) in [6, 6.07) is 18.8. The van der Waals surface area contributed by atoms with E-state index < -0.39 is 122 Å². The number of ether oxygens (including phenoxy) is 3. The van der Waals surface area contributed by atoms with Crippen molar-refractivity contribution in [2.75, 3.05) is 13.7 Å². The molecule has 72 heavy (non-hydrogen) atoms. The first kappa shape index (κ1) is 56.9. The van der Waals surface area contributed by atoms with E-state index in [2.05, 4.69) is 5.32 Å². The fourth-order valence-corrected chi connectivity index (χ4v) is 8.49. The van der Waals surface area contributed by atoms with Crippen LogP contribution in [0.15, 0.2) is 109 Å². The van der Waals surface area contributed by atoms with Crippen LogP contribution in [0.3, 0.4) is 0 Å². The van der Waals surface area contributed by atoms with Gasteiger partial charge in [0.15, 0.2) is 0 Å². The number of methoxy groups -OCH3 is 1. The summed E-state index contributed by atoms with van der Waals surface area (Å²) in [5.74, 6) is -5.31. The van der Waals surface area contributed by atoms with Crippen LogP contribution in [0.2, 0.25) is 0 Å². The van der Waals surface area contributed by atoms with Crippen molar-refractivity contribution in [2.24, 2.45) is 5.92 Å². The molecule has 3 atom stereocenters. The number of phosphoric acid groups is 1. The monoisotopic (exact) mass is 1050 g/mol. The third-order valence-corrected chi connectivity index (χ3v) is 12.1. The van der Waals surface area contributed by atoms with E-state index in [4.69, 9.17) is 27.8 Å². The van der Waals surface area contributed by atoms with Gasteiger partial charge in [-0.15, -0.1) is 0 Å². The number of nitrogens with one attached hydrogen (secondary N) is 1. The van der Waals surface area contributed by atoms with Crippen LogP contribution in [0.5, 0.6) is 5.75 Å². The standard InChI is InChI=1S/C50H50F10NO10P/c1-29(2)38-23-39(42(66-6)24-40(38)51)37-18-17-34(48(52,53)54)21-33(37)25-61-41(28-69-72(65,67-26-30-13-9-7-10-14-30)68-27-31-15-11-8-12-16-31)43(45(62)71-47(3,4)5)44(70-46(63)64)32-19-35(49(55,56)57)22-36(20-32)50(58,59)60/h7-24,29,41,43-44,61H,25-28H2,1-6H3,(H,63,64)/t41?,43-,44-/m0/s1. The van der Waals surface area contributed by atoms with Gasteiger partial charge in [0, 0.05) is 24.2 Å². The maximum Gasteiger partial charge on any atom is 0.506 e. The normalized spacial score (nSPS) is 13.9. The zero-order valence-electron chi connectivity index (χ0n) is 39.4. The summed E-state index contributed by atoms with van der Waals surface area (Å²) in [5.41, 5.74) is -7.09. The number of alkyl halides is 9. The van der Waals surface area contributed by atoms with Crippen LogP contribution < -0.4 is 10.1 Å². The third kappa shape index (κ3) is 15.8. The van der Waals surface area contributed by atoms with Crippen LogP contribution in [-0.2, 0) is 70.7 Å². The minimum absolute atomic E-state index is 0.0307. The summed E-state index contributed by atoms with van der Waals surface area (Å²) in [4.78, 5) is 27.2. The Balaban J connectivity index is 1.77. The molecule has 5 aromatic rings. The van der Waals surface area contributed by atoms with Gasteiger partial charge in [-0.3, -0.25) is 18.4 Å². The smallest absolute Gasteiger partial charge is 0.496 e. The number of esters is 1. The average Bonchev–Trinajstić information content (AvgIpc) is 3.29. The van der Waals surface area contributed by atoms with Crippen LogP contribution in [0.25, 0.3) is 11.1 Å². The Morgan fingerprint density at radius 2 is 1.21 bits per heavy atom. The predicted octanol–water partition coefficient (Wildman–Crippen LogP) is 14.1. The molecule has 22 heteroatoms. The van der Waals surface area contributed by atoms with Gasteiger partial charge in [0.1, 0.15) is 29.2 Å². The Morgan fingerprint density at radius 3 is 1.67 bits per heavy atom. The lowest BCUT2D eigenvalue weighted by molar-refractivity contribution is -0.167. The molecule has 0 amide bonds. The Morgan fingerprint density at radius 1 is 0.681 bits per heavy atom. The molecule has 2 N–H and O–H groups in total. The lowest BCUT2D eigenvalue weighted by Gasteiger charge is -2.35. The van der Waals surface area contributed by atoms with Gasteiger partial charge in [0.25, 0.3) is 0 Å². The summed E-state index contributed by atoms with van der Waals surface area (Å²) in [6.45, 7) is 4.31. The first-order chi connectivity index (χ1) is 33.5. The summed E-state index contributed by atoms with van der Waals surface area (Å²) in [5, 5.41) is 12.8. The molecule has 0 spiro atoms. The molecule has 1 unspecified atom stereocenters. The molecule has 0 radical (unpaired) electrons. The van der Waals surface area contributed by atoms with E-state index in [0.717, 1.165) is 12.1 Å². The zero-order valence-corrected chi connectivity index (χ0v) is 40.3. The van der Waals surface area contributed by atoms with Crippen molar-refractivity contribution in [3.8, 4) is 16.9 Å². The number of hydrogen-bond donors (Lipinski definition) is 2. The molecule has 11 nitrogen and oxygen atoms in total. The van der Waals surface area contributed by atoms with Crippen molar-refractivity contribution >= 4 is 19.9 Å². The maximum absolute atomic E-state index is 15.3. The fourth-order valence-electron chi connectivity index (χ4n) is 7.31. The number of carbonyl (C=O) groups is 2. The Bertz CT molecular complexity index is 2610. The van der Waals surface area contributed by atoms with E-state index >= 15 is 4.39 Å². The van der Waals surface area contributed by atoms with Crippen molar-refractivity contribution in [2.45, 2.75) is 96.6 Å². The van der Waals surface area contributed by atoms with Crippen LogP contribution in [-0.4, -0.2) is 42.6 Å². The molecule has 0 aliphatic heterocycles. The van der Waals surface area contributed by atoms with Crippen LogP contribution in [0.1, 0.15) is 91.1 Å². The molecule has 390 valence electrons. The highest BCUT2D eigenvalue weighted by Crippen LogP contribution is 2.52. The van der Waals surface area contributed by atoms with E-state index in [1.54, 1.807) is 74.5 Å². The fraction of sp³-hybridized carbons (Fsp3) is 0.360. The quantitative estimate of drug-likeness (QED) is 0.0437. The van der Waals surface area contributed by atoms with Gasteiger partial charge < -0.3 is 24.6 Å². The molecular weight excluding hydrogens is 996 g/mol. The molecule has 0 bridgehead atoms. The molecule has 5 rings (SSSR count). The minimum atomic E-state index is -5.50. The van der Waals surface area contributed by atoms with Gasteiger partial charge in [-0.05, 0) is 96.5 Å². The molecule has 0 aliphatic carbocycles. The summed E-state index contributed by atoms with van der Waals surface area (Å²) in [6.07, 6.45) is -21.0. The van der Waals surface area contributed by atoms with Crippen LogP contribution in [0, 0.1) is 11.7 Å². The largest absolute Gasteiger partial charge is 0.506 e. The van der Waals surface area contributed by atoms with Gasteiger partial charge in [-0.1, -0.05) is 80.6 Å². The predicted molar refractivity (Wildman–Crippen MR) is 242 cm³/mol. The lowest BCUT2D eigenvalue weighted by atomic mass is 9.86. The van der Waals surface area contributed by atoms with Gasteiger partial charge in [-0.2, -0.15) is 39.5 Å². The topological polar surface area (TPSA) is 139 Å². The van der Waals surface area contributed by atoms with Crippen molar-refractivity contribution < 1.29 is 90.9 Å². The number of carbonyl (C=O) groups excluding carboxylic acids is 1. The van der Waals surface area contributed by atoms with Crippen molar-refractivity contribution in [1.29, 1.82) is 0 Å². The average molecular weight is 1050 g/mol. The Labute approximate surface area is 408 Å². The number of hydrogen-bond acceptors (Lipinski definition) is 10. The molecule has 0 aromatic heterocycles. The Hall–Kier alpha value is -5.99. The highest BCUT2D eigenvalue weighted by atomic mass is 31.2.